The lowest BCUT2D eigenvalue weighted by atomic mass is 10.1. The van der Waals surface area contributed by atoms with Gasteiger partial charge < -0.3 is 14.6 Å². The Morgan fingerprint density at radius 3 is 2.45 bits per heavy atom. The molecule has 0 bridgehead atoms. The molecule has 0 atom stereocenters. The van der Waals surface area contributed by atoms with Gasteiger partial charge in [-0.3, -0.25) is 4.79 Å². The Morgan fingerprint density at radius 2 is 1.86 bits per heavy atom. The summed E-state index contributed by atoms with van der Waals surface area (Å²) < 4.78 is 10.3. The van der Waals surface area contributed by atoms with Crippen LogP contribution >= 0.6 is 0 Å². The van der Waals surface area contributed by atoms with Crippen LogP contribution in [0, 0.1) is 11.8 Å². The van der Waals surface area contributed by atoms with Crippen molar-refractivity contribution in [3.8, 4) is 29.1 Å². The molecular weight excluding hydrogens is 280 g/mol. The smallest absolute Gasteiger partial charge is 0.169 e. The minimum atomic E-state index is -0.182. The Bertz CT molecular complexity index is 721. The molecule has 2 aromatic rings. The molecule has 0 aliphatic carbocycles. The van der Waals surface area contributed by atoms with Gasteiger partial charge in [0.25, 0.3) is 0 Å². The molecule has 4 heteroatoms. The second-order valence-corrected chi connectivity index (χ2v) is 4.40. The molecule has 1 N–H and O–H groups in total. The number of hydrogen-bond acceptors (Lipinski definition) is 4. The van der Waals surface area contributed by atoms with Gasteiger partial charge in [0.15, 0.2) is 17.8 Å². The number of hydrogen-bond donors (Lipinski definition) is 1. The second-order valence-electron chi connectivity index (χ2n) is 4.40. The molecule has 0 spiro atoms. The molecule has 112 valence electrons. The van der Waals surface area contributed by atoms with Gasteiger partial charge in [-0.15, -0.1) is 0 Å². The third-order valence-electron chi connectivity index (χ3n) is 3.03. The fourth-order valence-electron chi connectivity index (χ4n) is 1.90. The fourth-order valence-corrected chi connectivity index (χ4v) is 1.90. The molecule has 0 radical (unpaired) electrons. The standard InChI is InChI=1S/C18H16O4/c1-3-22-17-11-8-14(16(12-19)18(17)20)7-4-13-5-9-15(21-2)10-6-13/h5-6,8-12,20H,3H2,1-2H3. The van der Waals surface area contributed by atoms with E-state index in [1.54, 1.807) is 38.3 Å². The van der Waals surface area contributed by atoms with Crippen molar-refractivity contribution in [3.05, 3.63) is 53.1 Å². The topological polar surface area (TPSA) is 55.8 Å². The molecule has 0 aliphatic heterocycles. The van der Waals surface area contributed by atoms with Crippen molar-refractivity contribution in [2.75, 3.05) is 13.7 Å². The molecule has 0 saturated carbocycles. The van der Waals surface area contributed by atoms with Gasteiger partial charge in [-0.2, -0.15) is 0 Å². The highest BCUT2D eigenvalue weighted by Gasteiger charge is 2.11. The van der Waals surface area contributed by atoms with E-state index >= 15 is 0 Å². The van der Waals surface area contributed by atoms with E-state index in [4.69, 9.17) is 9.47 Å². The van der Waals surface area contributed by atoms with Crippen molar-refractivity contribution in [1.29, 1.82) is 0 Å². The maximum Gasteiger partial charge on any atom is 0.169 e. The number of carbonyl (C=O) groups is 1. The molecule has 0 unspecified atom stereocenters. The molecular formula is C18H16O4. The molecule has 0 saturated heterocycles. The number of phenolic OH excluding ortho intramolecular Hbond substituents is 1. The summed E-state index contributed by atoms with van der Waals surface area (Å²) in [6.45, 7) is 2.21. The Kier molecular flexibility index (Phi) is 5.05. The zero-order chi connectivity index (χ0) is 15.9. The van der Waals surface area contributed by atoms with E-state index in [2.05, 4.69) is 11.8 Å². The van der Waals surface area contributed by atoms with Gasteiger partial charge in [0.1, 0.15) is 5.75 Å². The maximum atomic E-state index is 11.2. The molecule has 0 heterocycles. The van der Waals surface area contributed by atoms with Gasteiger partial charge in [0.2, 0.25) is 0 Å². The van der Waals surface area contributed by atoms with E-state index in [-0.39, 0.29) is 17.1 Å². The average molecular weight is 296 g/mol. The first-order valence-electron chi connectivity index (χ1n) is 6.79. The van der Waals surface area contributed by atoms with Crippen molar-refractivity contribution >= 4 is 6.29 Å². The summed E-state index contributed by atoms with van der Waals surface area (Å²) in [6.07, 6.45) is 0.579. The molecule has 22 heavy (non-hydrogen) atoms. The number of methoxy groups -OCH3 is 1. The van der Waals surface area contributed by atoms with Gasteiger partial charge in [0.05, 0.1) is 19.3 Å². The number of benzene rings is 2. The number of ether oxygens (including phenoxy) is 2. The fraction of sp³-hybridized carbons (Fsp3) is 0.167. The summed E-state index contributed by atoms with van der Waals surface area (Å²) in [7, 11) is 1.60. The summed E-state index contributed by atoms with van der Waals surface area (Å²) in [6, 6.07) is 10.5. The normalized spacial score (nSPS) is 9.55. The summed E-state index contributed by atoms with van der Waals surface area (Å²) >= 11 is 0. The number of rotatable bonds is 4. The Balaban J connectivity index is 2.35. The Hall–Kier alpha value is -2.93. The first-order chi connectivity index (χ1) is 10.7. The van der Waals surface area contributed by atoms with Crippen LogP contribution in [0.4, 0.5) is 0 Å². The predicted octanol–water partition coefficient (Wildman–Crippen LogP) is 3.01. The van der Waals surface area contributed by atoms with E-state index in [0.29, 0.717) is 18.5 Å². The Labute approximate surface area is 129 Å². The first kappa shape index (κ1) is 15.5. The highest BCUT2D eigenvalue weighted by Crippen LogP contribution is 2.31. The van der Waals surface area contributed by atoms with E-state index in [9.17, 15) is 9.90 Å². The molecule has 0 aromatic heterocycles. The van der Waals surface area contributed by atoms with Crippen LogP contribution < -0.4 is 9.47 Å². The highest BCUT2D eigenvalue weighted by molar-refractivity contribution is 5.85. The van der Waals surface area contributed by atoms with Crippen LogP contribution in [0.15, 0.2) is 36.4 Å². The van der Waals surface area contributed by atoms with Crippen LogP contribution in [0.3, 0.4) is 0 Å². The van der Waals surface area contributed by atoms with Crippen molar-refractivity contribution in [2.24, 2.45) is 0 Å². The van der Waals surface area contributed by atoms with Crippen LogP contribution in [0.25, 0.3) is 0 Å². The van der Waals surface area contributed by atoms with Crippen molar-refractivity contribution in [2.45, 2.75) is 6.92 Å². The molecule has 0 aliphatic rings. The van der Waals surface area contributed by atoms with Gasteiger partial charge >= 0.3 is 0 Å². The highest BCUT2D eigenvalue weighted by atomic mass is 16.5. The molecule has 0 amide bonds. The van der Waals surface area contributed by atoms with E-state index in [1.807, 2.05) is 12.1 Å². The van der Waals surface area contributed by atoms with Crippen LogP contribution in [0.2, 0.25) is 0 Å². The van der Waals surface area contributed by atoms with E-state index < -0.39 is 0 Å². The first-order valence-corrected chi connectivity index (χ1v) is 6.79. The number of phenols is 1. The van der Waals surface area contributed by atoms with E-state index in [1.165, 1.54) is 0 Å². The maximum absolute atomic E-state index is 11.2. The predicted molar refractivity (Wildman–Crippen MR) is 83.6 cm³/mol. The number of aldehydes is 1. The largest absolute Gasteiger partial charge is 0.504 e. The van der Waals surface area contributed by atoms with Crippen LogP contribution in [0.1, 0.15) is 28.4 Å². The van der Waals surface area contributed by atoms with Gasteiger partial charge in [-0.25, -0.2) is 0 Å². The molecule has 2 rings (SSSR count). The average Bonchev–Trinajstić information content (AvgIpc) is 2.55. The minimum absolute atomic E-state index is 0.131. The van der Waals surface area contributed by atoms with Gasteiger partial charge in [-0.1, -0.05) is 11.8 Å². The van der Waals surface area contributed by atoms with Gasteiger partial charge in [0, 0.05) is 11.1 Å². The second kappa shape index (κ2) is 7.19. The third-order valence-corrected chi connectivity index (χ3v) is 3.03. The van der Waals surface area contributed by atoms with Gasteiger partial charge in [-0.05, 0) is 43.3 Å². The summed E-state index contributed by atoms with van der Waals surface area (Å²) in [4.78, 5) is 11.2. The zero-order valence-electron chi connectivity index (χ0n) is 12.4. The zero-order valence-corrected chi connectivity index (χ0v) is 12.4. The summed E-state index contributed by atoms with van der Waals surface area (Å²) in [5.41, 5.74) is 1.37. The quantitative estimate of drug-likeness (QED) is 0.696. The van der Waals surface area contributed by atoms with Crippen molar-refractivity contribution in [3.63, 3.8) is 0 Å². The van der Waals surface area contributed by atoms with E-state index in [0.717, 1.165) is 11.3 Å². The number of carbonyl (C=O) groups excluding carboxylic acids is 1. The molecule has 2 aromatic carbocycles. The molecule has 0 fully saturated rings. The SMILES string of the molecule is CCOc1ccc(C#Cc2ccc(OC)cc2)c(C=O)c1O. The summed E-state index contributed by atoms with van der Waals surface area (Å²) in [5.74, 6) is 6.68. The van der Waals surface area contributed by atoms with Crippen LogP contribution in [-0.4, -0.2) is 25.1 Å². The lowest BCUT2D eigenvalue weighted by molar-refractivity contribution is 0.112. The van der Waals surface area contributed by atoms with Crippen molar-refractivity contribution in [1.82, 2.24) is 0 Å². The molecule has 4 nitrogen and oxygen atoms in total. The monoisotopic (exact) mass is 296 g/mol. The van der Waals surface area contributed by atoms with Crippen LogP contribution in [0.5, 0.6) is 17.2 Å². The third kappa shape index (κ3) is 3.39. The lowest BCUT2D eigenvalue weighted by Gasteiger charge is -2.08. The number of aromatic hydroxyl groups is 1. The van der Waals surface area contributed by atoms with Crippen molar-refractivity contribution < 1.29 is 19.4 Å². The van der Waals surface area contributed by atoms with Crippen LogP contribution in [-0.2, 0) is 0 Å². The Morgan fingerprint density at radius 1 is 1.14 bits per heavy atom. The minimum Gasteiger partial charge on any atom is -0.504 e. The summed E-state index contributed by atoms with van der Waals surface area (Å²) in [5, 5.41) is 10.0. The lowest BCUT2D eigenvalue weighted by Crippen LogP contribution is -1.96.